The molecule has 7 nitrogen and oxygen atoms in total. The second-order valence-electron chi connectivity index (χ2n) is 7.59. The minimum absolute atomic E-state index is 0.00431. The van der Waals surface area contributed by atoms with Crippen LogP contribution in [0.4, 0.5) is 24.9 Å². The topological polar surface area (TPSA) is 107 Å². The number of nitrogens with zero attached hydrogens (tertiary/aromatic N) is 4. The number of nitriles is 1. The minimum Gasteiger partial charge on any atom is -0.396 e. The van der Waals surface area contributed by atoms with Crippen LogP contribution in [0.15, 0.2) is 24.7 Å². The molecular weight excluding hydrogens is 385 g/mol. The molecule has 10 heteroatoms. The maximum Gasteiger partial charge on any atom is 0.416 e. The maximum atomic E-state index is 13.1. The summed E-state index contributed by atoms with van der Waals surface area (Å²) < 4.78 is 39.3. The number of aliphatic hydroxyl groups is 1. The van der Waals surface area contributed by atoms with Gasteiger partial charge in [-0.25, -0.2) is 4.98 Å². The predicted molar refractivity (Wildman–Crippen MR) is 99.7 cm³/mol. The summed E-state index contributed by atoms with van der Waals surface area (Å²) in [5.74, 6) is 0.553. The van der Waals surface area contributed by atoms with E-state index in [4.69, 9.17) is 0 Å². The van der Waals surface area contributed by atoms with Gasteiger partial charge in [-0.1, -0.05) is 13.8 Å². The van der Waals surface area contributed by atoms with Crippen molar-refractivity contribution in [1.29, 1.82) is 5.26 Å². The minimum atomic E-state index is -4.49. The van der Waals surface area contributed by atoms with Gasteiger partial charge in [0.2, 0.25) is 5.95 Å². The first-order valence-corrected chi connectivity index (χ1v) is 9.05. The molecule has 2 atom stereocenters. The highest BCUT2D eigenvalue weighted by atomic mass is 19.4. The smallest absolute Gasteiger partial charge is 0.396 e. The Labute approximate surface area is 166 Å². The number of halogens is 3. The van der Waals surface area contributed by atoms with E-state index in [1.54, 1.807) is 0 Å². The van der Waals surface area contributed by atoms with Crippen molar-refractivity contribution in [2.75, 3.05) is 17.2 Å². The van der Waals surface area contributed by atoms with E-state index >= 15 is 0 Å². The molecule has 1 fully saturated rings. The van der Waals surface area contributed by atoms with Crippen LogP contribution in [-0.2, 0) is 12.7 Å². The molecule has 0 aromatic carbocycles. The first-order chi connectivity index (χ1) is 13.7. The SMILES string of the molecule is CC1(C)[C@@H](CO)C[C@@H]1Nc1nc(NCc2cnccc2C(F)(F)F)ncc1C#N. The number of hydrogen-bond acceptors (Lipinski definition) is 7. The van der Waals surface area contributed by atoms with Gasteiger partial charge in [-0.15, -0.1) is 0 Å². The summed E-state index contributed by atoms with van der Waals surface area (Å²) in [4.78, 5) is 12.0. The van der Waals surface area contributed by atoms with Crippen molar-refractivity contribution in [3.8, 4) is 6.07 Å². The lowest BCUT2D eigenvalue weighted by molar-refractivity contribution is -0.138. The third-order valence-corrected chi connectivity index (χ3v) is 5.56. The average molecular weight is 406 g/mol. The number of alkyl halides is 3. The molecule has 0 unspecified atom stereocenters. The molecule has 0 radical (unpaired) electrons. The first-order valence-electron chi connectivity index (χ1n) is 9.05. The summed E-state index contributed by atoms with van der Waals surface area (Å²) in [6, 6.07) is 2.93. The van der Waals surface area contributed by atoms with Crippen LogP contribution in [0, 0.1) is 22.7 Å². The van der Waals surface area contributed by atoms with Crippen LogP contribution in [-0.4, -0.2) is 32.7 Å². The van der Waals surface area contributed by atoms with Crippen LogP contribution < -0.4 is 10.6 Å². The van der Waals surface area contributed by atoms with Crippen LogP contribution in [0.3, 0.4) is 0 Å². The number of aliphatic hydroxyl groups excluding tert-OH is 1. The largest absolute Gasteiger partial charge is 0.416 e. The van der Waals surface area contributed by atoms with Gasteiger partial charge in [0.15, 0.2) is 0 Å². The summed E-state index contributed by atoms with van der Waals surface area (Å²) in [6.07, 6.45) is -0.207. The standard InChI is InChI=1S/C19H21F3N6O/c1-18(2)13(10-29)5-15(18)27-16-11(6-23)8-25-17(28-16)26-9-12-7-24-4-3-14(12)19(20,21)22/h3-4,7-8,13,15,29H,5,9-10H2,1-2H3,(H2,25,26,27,28)/t13-,15+/m1/s1. The Bertz CT molecular complexity index is 925. The third kappa shape index (κ3) is 4.24. The number of rotatable bonds is 6. The lowest BCUT2D eigenvalue weighted by atomic mass is 9.59. The molecule has 0 saturated heterocycles. The van der Waals surface area contributed by atoms with Crippen molar-refractivity contribution in [2.24, 2.45) is 11.3 Å². The maximum absolute atomic E-state index is 13.1. The summed E-state index contributed by atoms with van der Waals surface area (Å²) in [5, 5.41) is 24.7. The Morgan fingerprint density at radius 3 is 2.72 bits per heavy atom. The van der Waals surface area contributed by atoms with Gasteiger partial charge in [0.05, 0.1) is 11.8 Å². The van der Waals surface area contributed by atoms with Crippen molar-refractivity contribution in [3.63, 3.8) is 0 Å². The molecule has 2 aromatic heterocycles. The molecule has 1 aliphatic rings. The van der Waals surface area contributed by atoms with Gasteiger partial charge in [-0.2, -0.15) is 23.4 Å². The van der Waals surface area contributed by atoms with Crippen LogP contribution in [0.2, 0.25) is 0 Å². The Hall–Kier alpha value is -2.93. The van der Waals surface area contributed by atoms with E-state index < -0.39 is 11.7 Å². The van der Waals surface area contributed by atoms with Crippen molar-refractivity contribution in [2.45, 2.75) is 39.0 Å². The molecule has 0 aliphatic heterocycles. The summed E-state index contributed by atoms with van der Waals surface area (Å²) in [7, 11) is 0. The van der Waals surface area contributed by atoms with E-state index in [1.165, 1.54) is 6.20 Å². The third-order valence-electron chi connectivity index (χ3n) is 5.56. The van der Waals surface area contributed by atoms with Crippen molar-refractivity contribution in [3.05, 3.63) is 41.3 Å². The van der Waals surface area contributed by atoms with Gasteiger partial charge in [0.25, 0.3) is 0 Å². The van der Waals surface area contributed by atoms with E-state index in [-0.39, 0.29) is 47.6 Å². The molecule has 1 aliphatic carbocycles. The fourth-order valence-corrected chi connectivity index (χ4v) is 3.41. The Morgan fingerprint density at radius 1 is 1.34 bits per heavy atom. The quantitative estimate of drug-likeness (QED) is 0.676. The van der Waals surface area contributed by atoms with Gasteiger partial charge in [0.1, 0.15) is 17.5 Å². The molecule has 2 aromatic rings. The average Bonchev–Trinajstić information content (AvgIpc) is 2.68. The van der Waals surface area contributed by atoms with Crippen LogP contribution in [0.5, 0.6) is 0 Å². The normalized spacial score (nSPS) is 20.4. The van der Waals surface area contributed by atoms with E-state index in [0.29, 0.717) is 5.82 Å². The highest BCUT2D eigenvalue weighted by Crippen LogP contribution is 2.47. The van der Waals surface area contributed by atoms with E-state index in [2.05, 4.69) is 25.6 Å². The Morgan fingerprint density at radius 2 is 2.10 bits per heavy atom. The zero-order chi connectivity index (χ0) is 21.2. The van der Waals surface area contributed by atoms with Gasteiger partial charge in [-0.05, 0) is 23.8 Å². The molecule has 29 heavy (non-hydrogen) atoms. The van der Waals surface area contributed by atoms with Gasteiger partial charge in [0, 0.05) is 37.2 Å². The number of anilines is 2. The molecule has 0 spiro atoms. The van der Waals surface area contributed by atoms with E-state index in [0.717, 1.165) is 24.9 Å². The molecule has 154 valence electrons. The number of aromatic nitrogens is 3. The fourth-order valence-electron chi connectivity index (χ4n) is 3.41. The van der Waals surface area contributed by atoms with Gasteiger partial charge in [-0.3, -0.25) is 4.98 Å². The van der Waals surface area contributed by atoms with E-state index in [9.17, 15) is 23.5 Å². The van der Waals surface area contributed by atoms with Crippen molar-refractivity contribution >= 4 is 11.8 Å². The molecular formula is C19H21F3N6O. The van der Waals surface area contributed by atoms with Crippen LogP contribution in [0.25, 0.3) is 0 Å². The first kappa shape index (κ1) is 20.8. The van der Waals surface area contributed by atoms with Crippen molar-refractivity contribution in [1.82, 2.24) is 15.0 Å². The molecule has 2 heterocycles. The van der Waals surface area contributed by atoms with Gasteiger partial charge < -0.3 is 15.7 Å². The highest BCUT2D eigenvalue weighted by Gasteiger charge is 2.47. The fraction of sp³-hybridized carbons (Fsp3) is 0.474. The zero-order valence-electron chi connectivity index (χ0n) is 16.0. The Kier molecular flexibility index (Phi) is 5.61. The van der Waals surface area contributed by atoms with E-state index in [1.807, 2.05) is 19.9 Å². The lowest BCUT2D eigenvalue weighted by Gasteiger charge is -2.52. The molecule has 0 bridgehead atoms. The number of hydrogen-bond donors (Lipinski definition) is 3. The molecule has 0 amide bonds. The lowest BCUT2D eigenvalue weighted by Crippen LogP contribution is -2.54. The van der Waals surface area contributed by atoms with Crippen molar-refractivity contribution < 1.29 is 18.3 Å². The second kappa shape index (κ2) is 7.83. The predicted octanol–water partition coefficient (Wildman–Crippen LogP) is 3.19. The highest BCUT2D eigenvalue weighted by molar-refractivity contribution is 5.54. The summed E-state index contributed by atoms with van der Waals surface area (Å²) in [6.45, 7) is 3.94. The zero-order valence-corrected chi connectivity index (χ0v) is 16.0. The molecule has 3 N–H and O–H groups in total. The molecule has 3 rings (SSSR count). The summed E-state index contributed by atoms with van der Waals surface area (Å²) >= 11 is 0. The summed E-state index contributed by atoms with van der Waals surface area (Å²) in [5.41, 5.74) is -0.764. The monoisotopic (exact) mass is 406 g/mol. The number of nitrogens with one attached hydrogen (secondary N) is 2. The second-order valence-corrected chi connectivity index (χ2v) is 7.59. The molecule has 1 saturated carbocycles. The Balaban J connectivity index is 1.76. The van der Waals surface area contributed by atoms with Crippen LogP contribution in [0.1, 0.15) is 37.0 Å². The van der Waals surface area contributed by atoms with Crippen LogP contribution >= 0.6 is 0 Å². The van der Waals surface area contributed by atoms with Gasteiger partial charge >= 0.3 is 6.18 Å². The number of pyridine rings is 1.